The summed E-state index contributed by atoms with van der Waals surface area (Å²) in [5, 5.41) is 2.95. The van der Waals surface area contributed by atoms with Gasteiger partial charge in [0.25, 0.3) is 0 Å². The SMILES string of the molecule is CC(C)(Nc1cc(N2CCCC2=O)cc(-c2ccccc2F)c1OC(F)F)c1cccc(C(F)(F)F)n1. The number of benzene rings is 2. The van der Waals surface area contributed by atoms with Crippen molar-refractivity contribution in [1.29, 1.82) is 0 Å². The number of hydrogen-bond acceptors (Lipinski definition) is 4. The van der Waals surface area contributed by atoms with Crippen LogP contribution in [0.4, 0.5) is 37.7 Å². The van der Waals surface area contributed by atoms with Gasteiger partial charge in [-0.15, -0.1) is 0 Å². The number of anilines is 2. The van der Waals surface area contributed by atoms with Crippen molar-refractivity contribution in [2.75, 3.05) is 16.8 Å². The van der Waals surface area contributed by atoms with Crippen molar-refractivity contribution < 1.29 is 35.9 Å². The van der Waals surface area contributed by atoms with Gasteiger partial charge in [0.15, 0.2) is 5.75 Å². The molecule has 0 bridgehead atoms. The van der Waals surface area contributed by atoms with E-state index in [-0.39, 0.29) is 34.8 Å². The van der Waals surface area contributed by atoms with Gasteiger partial charge in [-0.3, -0.25) is 4.79 Å². The molecule has 1 aliphatic heterocycles. The highest BCUT2D eigenvalue weighted by Gasteiger charge is 2.35. The third kappa shape index (κ3) is 5.65. The molecule has 0 unspecified atom stereocenters. The van der Waals surface area contributed by atoms with Gasteiger partial charge in [0.2, 0.25) is 5.91 Å². The highest BCUT2D eigenvalue weighted by atomic mass is 19.4. The summed E-state index contributed by atoms with van der Waals surface area (Å²) in [6, 6.07) is 11.6. The monoisotopic (exact) mass is 523 g/mol. The van der Waals surface area contributed by atoms with Gasteiger partial charge in [-0.2, -0.15) is 22.0 Å². The fourth-order valence-corrected chi connectivity index (χ4v) is 4.22. The highest BCUT2D eigenvalue weighted by Crippen LogP contribution is 2.45. The van der Waals surface area contributed by atoms with E-state index in [9.17, 15) is 31.1 Å². The van der Waals surface area contributed by atoms with E-state index < -0.39 is 35.6 Å². The Bertz CT molecular complexity index is 1310. The normalized spacial score (nSPS) is 14.4. The molecule has 2 aromatic carbocycles. The van der Waals surface area contributed by atoms with Gasteiger partial charge in [-0.25, -0.2) is 9.37 Å². The van der Waals surface area contributed by atoms with Gasteiger partial charge in [-0.1, -0.05) is 24.3 Å². The fourth-order valence-electron chi connectivity index (χ4n) is 4.22. The van der Waals surface area contributed by atoms with Crippen LogP contribution in [0.15, 0.2) is 54.6 Å². The number of nitrogens with one attached hydrogen (secondary N) is 1. The number of ether oxygens (including phenoxy) is 1. The Kier molecular flexibility index (Phi) is 7.07. The number of aromatic nitrogens is 1. The van der Waals surface area contributed by atoms with Crippen molar-refractivity contribution in [2.24, 2.45) is 0 Å². The van der Waals surface area contributed by atoms with E-state index in [0.29, 0.717) is 18.7 Å². The Balaban J connectivity index is 1.89. The minimum atomic E-state index is -4.69. The lowest BCUT2D eigenvalue weighted by Crippen LogP contribution is -2.31. The third-order valence-electron chi connectivity index (χ3n) is 5.96. The Hall–Kier alpha value is -3.76. The van der Waals surface area contributed by atoms with E-state index in [4.69, 9.17) is 4.74 Å². The maximum Gasteiger partial charge on any atom is 0.433 e. The molecule has 2 heterocycles. The Morgan fingerprint density at radius 1 is 1.00 bits per heavy atom. The topological polar surface area (TPSA) is 54.5 Å². The van der Waals surface area contributed by atoms with Crippen molar-refractivity contribution in [3.8, 4) is 16.9 Å². The van der Waals surface area contributed by atoms with Crippen LogP contribution in [0.1, 0.15) is 38.1 Å². The number of pyridine rings is 1. The molecule has 1 aliphatic rings. The van der Waals surface area contributed by atoms with Gasteiger partial charge in [0, 0.05) is 29.8 Å². The Morgan fingerprint density at radius 2 is 1.70 bits per heavy atom. The van der Waals surface area contributed by atoms with Crippen molar-refractivity contribution in [3.05, 3.63) is 71.8 Å². The molecule has 37 heavy (non-hydrogen) atoms. The quantitative estimate of drug-likeness (QED) is 0.340. The first-order chi connectivity index (χ1) is 17.4. The van der Waals surface area contributed by atoms with Crippen molar-refractivity contribution in [3.63, 3.8) is 0 Å². The van der Waals surface area contributed by atoms with Gasteiger partial charge in [-0.05, 0) is 50.6 Å². The summed E-state index contributed by atoms with van der Waals surface area (Å²) in [5.41, 5.74) is -2.34. The van der Waals surface area contributed by atoms with Crippen molar-refractivity contribution >= 4 is 17.3 Å². The first-order valence-electron chi connectivity index (χ1n) is 11.4. The minimum Gasteiger partial charge on any atom is -0.432 e. The number of halogens is 6. The highest BCUT2D eigenvalue weighted by molar-refractivity contribution is 5.97. The lowest BCUT2D eigenvalue weighted by Gasteiger charge is -2.30. The van der Waals surface area contributed by atoms with Gasteiger partial charge in [0.1, 0.15) is 11.5 Å². The van der Waals surface area contributed by atoms with Crippen LogP contribution in [0.2, 0.25) is 0 Å². The average molecular weight is 523 g/mol. The zero-order chi connectivity index (χ0) is 27.0. The molecule has 0 aliphatic carbocycles. The van der Waals surface area contributed by atoms with Crippen LogP contribution in [0.25, 0.3) is 11.1 Å². The number of nitrogens with zero attached hydrogens (tertiary/aromatic N) is 2. The molecule has 0 saturated carbocycles. The smallest absolute Gasteiger partial charge is 0.432 e. The molecule has 196 valence electrons. The molecule has 0 atom stereocenters. The molecule has 0 spiro atoms. The van der Waals surface area contributed by atoms with E-state index in [1.165, 1.54) is 61.2 Å². The van der Waals surface area contributed by atoms with E-state index in [1.807, 2.05) is 0 Å². The molecule has 3 aromatic rings. The van der Waals surface area contributed by atoms with Gasteiger partial charge >= 0.3 is 12.8 Å². The minimum absolute atomic E-state index is 0.0274. The van der Waals surface area contributed by atoms with Crippen LogP contribution in [0, 0.1) is 5.82 Å². The summed E-state index contributed by atoms with van der Waals surface area (Å²) < 4.78 is 86.6. The number of alkyl halides is 5. The van der Waals surface area contributed by atoms with Gasteiger partial charge in [0.05, 0.1) is 16.9 Å². The summed E-state index contributed by atoms with van der Waals surface area (Å²) >= 11 is 0. The van der Waals surface area contributed by atoms with Gasteiger partial charge < -0.3 is 15.0 Å². The Labute approximate surface area is 209 Å². The molecular formula is C26H23F6N3O2. The lowest BCUT2D eigenvalue weighted by molar-refractivity contribution is -0.141. The van der Waals surface area contributed by atoms with Crippen LogP contribution in [0.3, 0.4) is 0 Å². The number of carbonyl (C=O) groups is 1. The molecule has 1 amide bonds. The fraction of sp³-hybridized carbons (Fsp3) is 0.308. The van der Waals surface area contributed by atoms with Crippen LogP contribution >= 0.6 is 0 Å². The van der Waals surface area contributed by atoms with E-state index >= 15 is 0 Å². The summed E-state index contributed by atoms with van der Waals surface area (Å²) in [4.78, 5) is 17.6. The molecule has 1 N–H and O–H groups in total. The largest absolute Gasteiger partial charge is 0.433 e. The standard InChI is InChI=1S/C26H23F6N3O2/c1-25(2,20-9-5-10-21(33-20)26(30,31)32)34-19-14-15(35-12-6-11-22(35)36)13-17(23(19)37-24(28)29)16-7-3-4-8-18(16)27/h3-5,7-10,13-14,24,34H,6,11-12H2,1-2H3. The molecule has 11 heteroatoms. The summed E-state index contributed by atoms with van der Waals surface area (Å²) in [7, 11) is 0. The van der Waals surface area contributed by atoms with Crippen molar-refractivity contribution in [2.45, 2.75) is 45.0 Å². The van der Waals surface area contributed by atoms with E-state index in [0.717, 1.165) is 12.1 Å². The zero-order valence-corrected chi connectivity index (χ0v) is 19.9. The molecular weight excluding hydrogens is 500 g/mol. The molecule has 1 fully saturated rings. The summed E-state index contributed by atoms with van der Waals surface area (Å²) in [5.74, 6) is -1.33. The predicted octanol–water partition coefficient (Wildman–Crippen LogP) is 6.98. The predicted molar refractivity (Wildman–Crippen MR) is 126 cm³/mol. The van der Waals surface area contributed by atoms with E-state index in [1.54, 1.807) is 0 Å². The first-order valence-corrected chi connectivity index (χ1v) is 11.4. The summed E-state index contributed by atoms with van der Waals surface area (Å²) in [6.45, 7) is 0.0962. The van der Waals surface area contributed by atoms with Crippen LogP contribution in [0.5, 0.6) is 5.75 Å². The average Bonchev–Trinajstić information content (AvgIpc) is 3.25. The second-order valence-corrected chi connectivity index (χ2v) is 9.03. The van der Waals surface area contributed by atoms with Crippen LogP contribution in [-0.2, 0) is 16.5 Å². The first kappa shape index (κ1) is 26.3. The maximum absolute atomic E-state index is 14.8. The number of hydrogen-bond donors (Lipinski definition) is 1. The molecule has 0 radical (unpaired) electrons. The molecule has 1 aromatic heterocycles. The maximum atomic E-state index is 14.8. The second kappa shape index (κ2) is 9.95. The van der Waals surface area contributed by atoms with Crippen molar-refractivity contribution in [1.82, 2.24) is 4.98 Å². The zero-order valence-electron chi connectivity index (χ0n) is 19.9. The molecule has 4 rings (SSSR count). The second-order valence-electron chi connectivity index (χ2n) is 9.03. The number of rotatable bonds is 7. The molecule has 5 nitrogen and oxygen atoms in total. The van der Waals surface area contributed by atoms with E-state index in [2.05, 4.69) is 10.3 Å². The third-order valence-corrected chi connectivity index (χ3v) is 5.96. The lowest BCUT2D eigenvalue weighted by atomic mass is 9.96. The Morgan fingerprint density at radius 3 is 2.32 bits per heavy atom. The van der Waals surface area contributed by atoms with Crippen LogP contribution in [-0.4, -0.2) is 24.0 Å². The number of carbonyl (C=O) groups excluding carboxylic acids is 1. The number of amides is 1. The molecule has 1 saturated heterocycles. The van der Waals surface area contributed by atoms with Crippen LogP contribution < -0.4 is 15.0 Å². The summed E-state index contributed by atoms with van der Waals surface area (Å²) in [6.07, 6.45) is -3.83.